The normalized spacial score (nSPS) is 10.9. The van der Waals surface area contributed by atoms with Crippen molar-refractivity contribution in [2.75, 3.05) is 6.54 Å². The largest absolute Gasteiger partial charge is 0.330 e. The van der Waals surface area contributed by atoms with Crippen molar-refractivity contribution >= 4 is 5.65 Å². The lowest BCUT2D eigenvalue weighted by atomic mass is 10.2. The summed E-state index contributed by atoms with van der Waals surface area (Å²) in [7, 11) is 0. The number of fused-ring (bicyclic) bond motifs is 1. The first kappa shape index (κ1) is 10.9. The fourth-order valence-electron chi connectivity index (χ4n) is 2.04. The molecule has 0 aromatic carbocycles. The summed E-state index contributed by atoms with van der Waals surface area (Å²) in [6.07, 6.45) is 7.89. The molecule has 18 heavy (non-hydrogen) atoms. The smallest absolute Gasteiger partial charge is 0.156 e. The van der Waals surface area contributed by atoms with Crippen LogP contribution in [-0.4, -0.2) is 25.9 Å². The van der Waals surface area contributed by atoms with E-state index in [1.165, 1.54) is 0 Å². The Morgan fingerprint density at radius 1 is 1.22 bits per heavy atom. The zero-order valence-electron chi connectivity index (χ0n) is 9.82. The van der Waals surface area contributed by atoms with E-state index in [0.29, 0.717) is 6.54 Å². The Hall–Kier alpha value is -2.27. The minimum absolute atomic E-state index is 0.567. The highest BCUT2D eigenvalue weighted by atomic mass is 15.0. The first-order valence-electron chi connectivity index (χ1n) is 5.82. The lowest BCUT2D eigenvalue weighted by Gasteiger charge is -2.03. The van der Waals surface area contributed by atoms with Gasteiger partial charge in [-0.3, -0.25) is 14.4 Å². The van der Waals surface area contributed by atoms with Gasteiger partial charge in [0.1, 0.15) is 0 Å². The van der Waals surface area contributed by atoms with Gasteiger partial charge in [0.2, 0.25) is 0 Å². The predicted molar refractivity (Wildman–Crippen MR) is 69.0 cm³/mol. The molecule has 0 saturated heterocycles. The van der Waals surface area contributed by atoms with Crippen molar-refractivity contribution in [2.45, 2.75) is 6.42 Å². The Morgan fingerprint density at radius 3 is 2.94 bits per heavy atom. The molecular formula is C13H13N5. The number of imidazole rings is 1. The molecule has 0 atom stereocenters. The molecule has 3 aromatic heterocycles. The van der Waals surface area contributed by atoms with E-state index in [4.69, 9.17) is 5.73 Å². The van der Waals surface area contributed by atoms with Crippen molar-refractivity contribution in [3.63, 3.8) is 0 Å². The molecule has 0 radical (unpaired) electrons. The van der Waals surface area contributed by atoms with Gasteiger partial charge in [-0.05, 0) is 18.7 Å². The fraction of sp³-hybridized carbons (Fsp3) is 0.154. The molecule has 0 unspecified atom stereocenters. The summed E-state index contributed by atoms with van der Waals surface area (Å²) in [5.41, 5.74) is 9.33. The monoisotopic (exact) mass is 239 g/mol. The van der Waals surface area contributed by atoms with Crippen LogP contribution in [0.3, 0.4) is 0 Å². The van der Waals surface area contributed by atoms with E-state index < -0.39 is 0 Å². The van der Waals surface area contributed by atoms with E-state index in [9.17, 15) is 0 Å². The Labute approximate surface area is 104 Å². The van der Waals surface area contributed by atoms with Gasteiger partial charge in [0.25, 0.3) is 0 Å². The highest BCUT2D eigenvalue weighted by Gasteiger charge is 2.13. The van der Waals surface area contributed by atoms with E-state index in [1.807, 2.05) is 28.8 Å². The third kappa shape index (κ3) is 1.74. The van der Waals surface area contributed by atoms with E-state index in [0.717, 1.165) is 29.1 Å². The van der Waals surface area contributed by atoms with Gasteiger partial charge in [-0.1, -0.05) is 6.07 Å². The average Bonchev–Trinajstić information content (AvgIpc) is 2.78. The van der Waals surface area contributed by atoms with Crippen LogP contribution in [0.1, 0.15) is 5.69 Å². The Kier molecular flexibility index (Phi) is 2.74. The summed E-state index contributed by atoms with van der Waals surface area (Å²) in [5.74, 6) is 0. The van der Waals surface area contributed by atoms with Crippen LogP contribution < -0.4 is 5.73 Å². The number of rotatable bonds is 3. The van der Waals surface area contributed by atoms with E-state index in [-0.39, 0.29) is 0 Å². The summed E-state index contributed by atoms with van der Waals surface area (Å²) in [6.45, 7) is 0.567. The molecular weight excluding hydrogens is 226 g/mol. The average molecular weight is 239 g/mol. The maximum absolute atomic E-state index is 5.64. The number of aromatic nitrogens is 4. The summed E-state index contributed by atoms with van der Waals surface area (Å²) < 4.78 is 2.00. The number of hydrogen-bond acceptors (Lipinski definition) is 4. The third-order valence-corrected chi connectivity index (χ3v) is 2.79. The molecule has 2 N–H and O–H groups in total. The lowest BCUT2D eigenvalue weighted by Crippen LogP contribution is -2.04. The van der Waals surface area contributed by atoms with Crippen LogP contribution >= 0.6 is 0 Å². The molecule has 0 aliphatic carbocycles. The minimum atomic E-state index is 0.567. The Bertz CT molecular complexity index is 659. The molecule has 0 aliphatic heterocycles. The second-order valence-electron chi connectivity index (χ2n) is 3.97. The summed E-state index contributed by atoms with van der Waals surface area (Å²) in [4.78, 5) is 13.0. The summed E-state index contributed by atoms with van der Waals surface area (Å²) in [5, 5.41) is 0. The van der Waals surface area contributed by atoms with E-state index in [2.05, 4.69) is 15.0 Å². The van der Waals surface area contributed by atoms with Gasteiger partial charge in [-0.2, -0.15) is 0 Å². The molecule has 0 bridgehead atoms. The molecule has 0 amide bonds. The molecule has 3 heterocycles. The number of nitrogens with two attached hydrogens (primary N) is 1. The van der Waals surface area contributed by atoms with Crippen LogP contribution in [0.15, 0.2) is 43.0 Å². The van der Waals surface area contributed by atoms with Gasteiger partial charge < -0.3 is 5.73 Å². The van der Waals surface area contributed by atoms with Gasteiger partial charge in [-0.25, -0.2) is 4.98 Å². The van der Waals surface area contributed by atoms with E-state index in [1.54, 1.807) is 18.6 Å². The first-order chi connectivity index (χ1) is 8.90. The minimum Gasteiger partial charge on any atom is -0.330 e. The molecule has 5 nitrogen and oxygen atoms in total. The number of hydrogen-bond donors (Lipinski definition) is 1. The second-order valence-corrected chi connectivity index (χ2v) is 3.97. The molecule has 0 spiro atoms. The van der Waals surface area contributed by atoms with Crippen LogP contribution in [0.25, 0.3) is 17.0 Å². The van der Waals surface area contributed by atoms with Gasteiger partial charge in [-0.15, -0.1) is 0 Å². The molecule has 3 aromatic rings. The molecule has 3 rings (SSSR count). The standard InChI is InChI=1S/C13H13N5/c14-5-4-11-13(10-3-1-2-6-16-10)18-8-7-15-9-12(18)17-11/h1-3,6-9H,4-5,14H2. The zero-order chi connectivity index (χ0) is 12.4. The van der Waals surface area contributed by atoms with Gasteiger partial charge in [0, 0.05) is 25.0 Å². The van der Waals surface area contributed by atoms with Crippen LogP contribution in [0, 0.1) is 0 Å². The van der Waals surface area contributed by atoms with Crippen molar-refractivity contribution in [2.24, 2.45) is 5.73 Å². The number of pyridine rings is 1. The van der Waals surface area contributed by atoms with E-state index >= 15 is 0 Å². The van der Waals surface area contributed by atoms with Crippen molar-refractivity contribution < 1.29 is 0 Å². The first-order valence-corrected chi connectivity index (χ1v) is 5.82. The van der Waals surface area contributed by atoms with Crippen LogP contribution in [0.4, 0.5) is 0 Å². The van der Waals surface area contributed by atoms with Crippen molar-refractivity contribution in [1.82, 2.24) is 19.4 Å². The molecule has 0 fully saturated rings. The van der Waals surface area contributed by atoms with Crippen LogP contribution in [0.2, 0.25) is 0 Å². The molecule has 0 saturated carbocycles. The van der Waals surface area contributed by atoms with Crippen molar-refractivity contribution in [3.05, 3.63) is 48.7 Å². The van der Waals surface area contributed by atoms with Crippen LogP contribution in [0.5, 0.6) is 0 Å². The quantitative estimate of drug-likeness (QED) is 0.747. The Balaban J connectivity index is 2.28. The van der Waals surface area contributed by atoms with Gasteiger partial charge >= 0.3 is 0 Å². The maximum Gasteiger partial charge on any atom is 0.156 e. The van der Waals surface area contributed by atoms with Crippen molar-refractivity contribution in [1.29, 1.82) is 0 Å². The molecule has 5 heteroatoms. The maximum atomic E-state index is 5.64. The molecule has 90 valence electrons. The van der Waals surface area contributed by atoms with Gasteiger partial charge in [0.15, 0.2) is 5.65 Å². The predicted octanol–water partition coefficient (Wildman–Crippen LogP) is 1.29. The fourth-order valence-corrected chi connectivity index (χ4v) is 2.04. The van der Waals surface area contributed by atoms with Gasteiger partial charge in [0.05, 0.1) is 23.3 Å². The highest BCUT2D eigenvalue weighted by molar-refractivity contribution is 5.63. The van der Waals surface area contributed by atoms with Crippen LogP contribution in [-0.2, 0) is 6.42 Å². The SMILES string of the molecule is NCCc1nc2cnccn2c1-c1ccccn1. The zero-order valence-corrected chi connectivity index (χ0v) is 9.82. The highest BCUT2D eigenvalue weighted by Crippen LogP contribution is 2.23. The summed E-state index contributed by atoms with van der Waals surface area (Å²) in [6, 6.07) is 5.84. The van der Waals surface area contributed by atoms with Crippen molar-refractivity contribution in [3.8, 4) is 11.4 Å². The number of nitrogens with zero attached hydrogens (tertiary/aromatic N) is 4. The second kappa shape index (κ2) is 4.54. The molecule has 0 aliphatic rings. The summed E-state index contributed by atoms with van der Waals surface area (Å²) >= 11 is 0. The topological polar surface area (TPSA) is 69.1 Å². The lowest BCUT2D eigenvalue weighted by molar-refractivity contribution is 0.937. The third-order valence-electron chi connectivity index (χ3n) is 2.79. The Morgan fingerprint density at radius 2 is 2.17 bits per heavy atom.